The first-order valence-electron chi connectivity index (χ1n) is 15.0. The summed E-state index contributed by atoms with van der Waals surface area (Å²) in [7, 11) is -8.13. The van der Waals surface area contributed by atoms with E-state index in [1.807, 2.05) is 95.9 Å². The van der Waals surface area contributed by atoms with Crippen molar-refractivity contribution in [2.24, 2.45) is 0 Å². The molecule has 0 unspecified atom stereocenters. The monoisotopic (exact) mass is 655 g/mol. The van der Waals surface area contributed by atoms with Crippen LogP contribution in [0, 0.1) is 13.8 Å². The topological polar surface area (TPSA) is 90.0 Å². The molecule has 0 aromatic heterocycles. The fourth-order valence-corrected chi connectivity index (χ4v) is 8.11. The summed E-state index contributed by atoms with van der Waals surface area (Å²) in [5.41, 5.74) is 2.94. The van der Waals surface area contributed by atoms with Crippen LogP contribution in [0.15, 0.2) is 149 Å². The number of hydrogen-bond acceptors (Lipinski definition) is 7. The number of benzene rings is 5. The second-order valence-corrected chi connectivity index (χ2v) is 14.0. The van der Waals surface area contributed by atoms with Crippen LogP contribution in [0.5, 0.6) is 0 Å². The molecule has 0 amide bonds. The highest BCUT2D eigenvalue weighted by Crippen LogP contribution is 2.42. The van der Waals surface area contributed by atoms with E-state index in [9.17, 15) is 16.8 Å². The van der Waals surface area contributed by atoms with Gasteiger partial charge in [0, 0.05) is 13.1 Å². The minimum Gasteiger partial charge on any atom is -0.281 e. The molecule has 0 aliphatic carbocycles. The highest BCUT2D eigenvalue weighted by Gasteiger charge is 2.42. The molecule has 0 radical (unpaired) electrons. The Kier molecular flexibility index (Phi) is 10.5. The van der Waals surface area contributed by atoms with E-state index in [4.69, 9.17) is 8.37 Å². The highest BCUT2D eigenvalue weighted by molar-refractivity contribution is 7.87. The lowest BCUT2D eigenvalue weighted by molar-refractivity contribution is 0.109. The van der Waals surface area contributed by atoms with Crippen LogP contribution in [0.3, 0.4) is 0 Å². The van der Waals surface area contributed by atoms with Crippen LogP contribution in [-0.2, 0) is 34.1 Å². The van der Waals surface area contributed by atoms with Gasteiger partial charge in [-0.25, -0.2) is 0 Å². The van der Waals surface area contributed by atoms with E-state index in [0.29, 0.717) is 11.1 Å². The van der Waals surface area contributed by atoms with Gasteiger partial charge in [0.25, 0.3) is 20.2 Å². The Hall–Kier alpha value is -4.12. The molecule has 0 spiro atoms. The lowest BCUT2D eigenvalue weighted by Gasteiger charge is -2.45. The standard InChI is InChI=1S/C37H37NO6S2/c1-30-16-12-14-24-35(30)45(39,40)43-28-26-38(27-29-44-46(41,42)36-25-15-13-17-31(36)2)37(32-18-6-3-7-19-32,33-20-8-4-9-21-33)34-22-10-5-11-23-34/h3-25H,26-29H2,1-2H3. The summed E-state index contributed by atoms with van der Waals surface area (Å²) in [5, 5.41) is 0. The van der Waals surface area contributed by atoms with Crippen molar-refractivity contribution in [2.75, 3.05) is 26.3 Å². The summed E-state index contributed by atoms with van der Waals surface area (Å²) in [4.78, 5) is 2.25. The molecule has 0 aliphatic heterocycles. The lowest BCUT2D eigenvalue weighted by atomic mass is 9.75. The zero-order chi connectivity index (χ0) is 32.6. The fraction of sp³-hybridized carbons (Fsp3) is 0.189. The van der Waals surface area contributed by atoms with Crippen molar-refractivity contribution in [3.8, 4) is 0 Å². The van der Waals surface area contributed by atoms with Gasteiger partial charge in [0.1, 0.15) is 0 Å². The van der Waals surface area contributed by atoms with E-state index in [1.54, 1.807) is 50.2 Å². The second kappa shape index (κ2) is 14.5. The molecule has 0 saturated heterocycles. The molecule has 0 N–H and O–H groups in total. The van der Waals surface area contributed by atoms with Gasteiger partial charge in [-0.1, -0.05) is 127 Å². The molecule has 0 aliphatic rings. The Labute approximate surface area is 272 Å². The first-order chi connectivity index (χ1) is 22.2. The zero-order valence-corrected chi connectivity index (χ0v) is 27.5. The Morgan fingerprint density at radius 3 is 1.11 bits per heavy atom. The molecule has 46 heavy (non-hydrogen) atoms. The first kappa shape index (κ1) is 33.2. The van der Waals surface area contributed by atoms with Gasteiger partial charge >= 0.3 is 0 Å². The fourth-order valence-electron chi connectivity index (χ4n) is 5.85. The van der Waals surface area contributed by atoms with Crippen LogP contribution in [0.1, 0.15) is 27.8 Å². The van der Waals surface area contributed by atoms with E-state index in [1.165, 1.54) is 12.1 Å². The van der Waals surface area contributed by atoms with Gasteiger partial charge in [0.15, 0.2) is 0 Å². The van der Waals surface area contributed by atoms with Crippen molar-refractivity contribution < 1.29 is 25.2 Å². The predicted molar refractivity (Wildman–Crippen MR) is 179 cm³/mol. The SMILES string of the molecule is Cc1ccccc1S(=O)(=O)OCCN(CCOS(=O)(=O)c1ccccc1C)C(c1ccccc1)(c1ccccc1)c1ccccc1. The Morgan fingerprint density at radius 2 is 0.783 bits per heavy atom. The quantitative estimate of drug-likeness (QED) is 0.0971. The molecule has 0 fully saturated rings. The molecular weight excluding hydrogens is 619 g/mol. The summed E-state index contributed by atoms with van der Waals surface area (Å²) in [6.07, 6.45) is 0. The zero-order valence-electron chi connectivity index (χ0n) is 25.8. The third kappa shape index (κ3) is 7.14. The van der Waals surface area contributed by atoms with Crippen LogP contribution in [-0.4, -0.2) is 48.0 Å². The normalized spacial score (nSPS) is 12.3. The van der Waals surface area contributed by atoms with Gasteiger partial charge in [-0.05, 0) is 53.8 Å². The lowest BCUT2D eigenvalue weighted by Crippen LogP contribution is -2.51. The number of nitrogens with zero attached hydrogens (tertiary/aromatic N) is 1. The van der Waals surface area contributed by atoms with Gasteiger partial charge in [-0.2, -0.15) is 16.8 Å². The van der Waals surface area contributed by atoms with Crippen LogP contribution in [0.2, 0.25) is 0 Å². The Morgan fingerprint density at radius 1 is 0.478 bits per heavy atom. The van der Waals surface area contributed by atoms with Crippen LogP contribution in [0.25, 0.3) is 0 Å². The van der Waals surface area contributed by atoms with Gasteiger partial charge in [-0.15, -0.1) is 0 Å². The molecule has 238 valence electrons. The Bertz CT molecular complexity index is 1770. The summed E-state index contributed by atoms with van der Waals surface area (Å²) < 4.78 is 64.4. The van der Waals surface area contributed by atoms with Crippen molar-refractivity contribution in [1.29, 1.82) is 0 Å². The predicted octanol–water partition coefficient (Wildman–Crippen LogP) is 6.71. The molecule has 0 atom stereocenters. The maximum atomic E-state index is 13.3. The van der Waals surface area contributed by atoms with Crippen molar-refractivity contribution in [3.05, 3.63) is 167 Å². The van der Waals surface area contributed by atoms with Crippen molar-refractivity contribution in [3.63, 3.8) is 0 Å². The second-order valence-electron chi connectivity index (χ2n) is 10.9. The average Bonchev–Trinajstić information content (AvgIpc) is 3.06. The largest absolute Gasteiger partial charge is 0.297 e. The maximum absolute atomic E-state index is 13.3. The molecule has 0 saturated carbocycles. The summed E-state index contributed by atoms with van der Waals surface area (Å²) in [6, 6.07) is 43.0. The maximum Gasteiger partial charge on any atom is 0.297 e. The van der Waals surface area contributed by atoms with Crippen molar-refractivity contribution >= 4 is 20.2 Å². The van der Waals surface area contributed by atoms with Gasteiger partial charge in [0.2, 0.25) is 0 Å². The molecule has 0 heterocycles. The third-order valence-corrected chi connectivity index (χ3v) is 10.9. The molecule has 5 aromatic carbocycles. The molecule has 5 aromatic rings. The van der Waals surface area contributed by atoms with E-state index in [-0.39, 0.29) is 36.1 Å². The minimum atomic E-state index is -4.06. The van der Waals surface area contributed by atoms with Crippen molar-refractivity contribution in [1.82, 2.24) is 4.90 Å². The summed E-state index contributed by atoms with van der Waals surface area (Å²) >= 11 is 0. The smallest absolute Gasteiger partial charge is 0.281 e. The minimum absolute atomic E-state index is 0.106. The van der Waals surface area contributed by atoms with Gasteiger partial charge in [-0.3, -0.25) is 13.3 Å². The van der Waals surface area contributed by atoms with E-state index in [0.717, 1.165) is 16.7 Å². The third-order valence-electron chi connectivity index (χ3n) is 7.97. The summed E-state index contributed by atoms with van der Waals surface area (Å²) in [5.74, 6) is 0. The molecule has 7 nitrogen and oxygen atoms in total. The van der Waals surface area contributed by atoms with Crippen molar-refractivity contribution in [2.45, 2.75) is 29.2 Å². The number of hydrogen-bond donors (Lipinski definition) is 0. The molecular formula is C37H37NO6S2. The number of rotatable bonds is 14. The van der Waals surface area contributed by atoms with Gasteiger partial charge in [0.05, 0.1) is 28.5 Å². The molecule has 9 heteroatoms. The van der Waals surface area contributed by atoms with Crippen LogP contribution >= 0.6 is 0 Å². The number of aryl methyl sites for hydroxylation is 2. The van der Waals surface area contributed by atoms with Crippen LogP contribution in [0.4, 0.5) is 0 Å². The van der Waals surface area contributed by atoms with E-state index < -0.39 is 25.8 Å². The Balaban J connectivity index is 1.57. The first-order valence-corrected chi connectivity index (χ1v) is 17.8. The molecule has 0 bridgehead atoms. The van der Waals surface area contributed by atoms with E-state index >= 15 is 0 Å². The highest BCUT2D eigenvalue weighted by atomic mass is 32.2. The average molecular weight is 656 g/mol. The van der Waals surface area contributed by atoms with Gasteiger partial charge < -0.3 is 0 Å². The van der Waals surface area contributed by atoms with Crippen LogP contribution < -0.4 is 0 Å². The van der Waals surface area contributed by atoms with E-state index in [2.05, 4.69) is 0 Å². The summed E-state index contributed by atoms with van der Waals surface area (Å²) in [6.45, 7) is 3.32. The molecule has 5 rings (SSSR count).